The van der Waals surface area contributed by atoms with E-state index in [1.54, 1.807) is 6.20 Å². The highest BCUT2D eigenvalue weighted by atomic mass is 32.1. The minimum Gasteiger partial charge on any atom is -0.486 e. The van der Waals surface area contributed by atoms with Crippen LogP contribution in [0, 0.1) is 0 Å². The second kappa shape index (κ2) is 5.52. The number of ether oxygens (including phenoxy) is 3. The number of furan rings is 1. The number of imidazole rings is 1. The Morgan fingerprint density at radius 1 is 1.22 bits per heavy atom. The number of halogens is 3. The maximum atomic E-state index is 13.5. The first-order valence-corrected chi connectivity index (χ1v) is 8.59. The minimum atomic E-state index is -4.57. The van der Waals surface area contributed by atoms with Gasteiger partial charge < -0.3 is 18.6 Å². The molecule has 0 saturated carbocycles. The highest BCUT2D eigenvalue weighted by Crippen LogP contribution is 2.47. The van der Waals surface area contributed by atoms with Gasteiger partial charge in [0.25, 0.3) is 5.19 Å². The smallest absolute Gasteiger partial charge is 0.417 e. The molecule has 4 heterocycles. The van der Waals surface area contributed by atoms with E-state index in [1.165, 1.54) is 29.0 Å². The molecule has 4 aromatic rings. The molecule has 27 heavy (non-hydrogen) atoms. The van der Waals surface area contributed by atoms with Gasteiger partial charge in [-0.25, -0.2) is 9.50 Å². The lowest BCUT2D eigenvalue weighted by Crippen LogP contribution is -2.16. The van der Waals surface area contributed by atoms with Gasteiger partial charge in [0, 0.05) is 5.39 Å². The van der Waals surface area contributed by atoms with Gasteiger partial charge in [-0.15, -0.1) is 5.10 Å². The Balaban J connectivity index is 1.72. The summed E-state index contributed by atoms with van der Waals surface area (Å²) in [6.07, 6.45) is -3.01. The summed E-state index contributed by atoms with van der Waals surface area (Å²) < 4.78 is 63.6. The molecule has 0 N–H and O–H groups in total. The van der Waals surface area contributed by atoms with Gasteiger partial charge in [0.05, 0.1) is 18.9 Å². The molecular formula is C16H10F3N3O4S. The molecular weight excluding hydrogens is 387 g/mol. The Bertz CT molecular complexity index is 1150. The average molecular weight is 397 g/mol. The van der Waals surface area contributed by atoms with Crippen molar-refractivity contribution < 1.29 is 31.8 Å². The zero-order chi connectivity index (χ0) is 18.8. The summed E-state index contributed by atoms with van der Waals surface area (Å²) in [5.74, 6) is 0.352. The number of methoxy groups -OCH3 is 1. The zero-order valence-electron chi connectivity index (χ0n) is 13.7. The molecule has 1 aliphatic rings. The molecule has 0 saturated heterocycles. The summed E-state index contributed by atoms with van der Waals surface area (Å²) in [6, 6.07) is 2.24. The van der Waals surface area contributed by atoms with E-state index in [2.05, 4.69) is 10.1 Å². The van der Waals surface area contributed by atoms with Gasteiger partial charge in [0.1, 0.15) is 18.9 Å². The molecule has 0 spiro atoms. The average Bonchev–Trinajstić information content (AvgIpc) is 3.32. The third-order valence-corrected chi connectivity index (χ3v) is 4.96. The van der Waals surface area contributed by atoms with Crippen molar-refractivity contribution in [3.8, 4) is 28.1 Å². The molecule has 0 radical (unpaired) electrons. The van der Waals surface area contributed by atoms with Crippen LogP contribution in [0.4, 0.5) is 13.2 Å². The number of alkyl halides is 3. The number of rotatable bonds is 2. The fourth-order valence-electron chi connectivity index (χ4n) is 2.93. The topological polar surface area (TPSA) is 71.0 Å². The van der Waals surface area contributed by atoms with E-state index in [1.807, 2.05) is 0 Å². The number of nitrogens with zero attached hydrogens (tertiary/aromatic N) is 3. The molecule has 1 aromatic carbocycles. The SMILES string of the molecule is COc1nn2cc(-c3cc4c(C(F)(F)F)cc5c(c4o3)OCCO5)nc2s1. The standard InChI is InChI=1S/C16H10F3N3O4S/c1-23-15-21-22-6-9(20-14(22)27-15)10-4-7-8(16(17,18)19)5-11-13(12(7)26-10)25-3-2-24-11/h4-6H,2-3H2,1H3. The lowest BCUT2D eigenvalue weighted by Gasteiger charge is -2.20. The highest BCUT2D eigenvalue weighted by molar-refractivity contribution is 7.18. The second-order valence-electron chi connectivity index (χ2n) is 5.72. The van der Waals surface area contributed by atoms with Crippen LogP contribution in [0.1, 0.15) is 5.56 Å². The second-order valence-corrected chi connectivity index (χ2v) is 6.64. The lowest BCUT2D eigenvalue weighted by molar-refractivity contribution is -0.136. The summed E-state index contributed by atoms with van der Waals surface area (Å²) in [4.78, 5) is 4.87. The van der Waals surface area contributed by atoms with Crippen LogP contribution in [-0.4, -0.2) is 34.9 Å². The first-order valence-electron chi connectivity index (χ1n) is 7.78. The Hall–Kier alpha value is -2.95. The van der Waals surface area contributed by atoms with Gasteiger partial charge in [-0.1, -0.05) is 0 Å². The maximum Gasteiger partial charge on any atom is 0.417 e. The monoisotopic (exact) mass is 397 g/mol. The van der Waals surface area contributed by atoms with E-state index < -0.39 is 11.7 Å². The van der Waals surface area contributed by atoms with Crippen LogP contribution in [0.5, 0.6) is 16.7 Å². The molecule has 0 aliphatic carbocycles. The Morgan fingerprint density at radius 3 is 2.78 bits per heavy atom. The van der Waals surface area contributed by atoms with Crippen LogP contribution in [0.15, 0.2) is 22.7 Å². The van der Waals surface area contributed by atoms with Crippen molar-refractivity contribution in [2.75, 3.05) is 20.3 Å². The summed E-state index contributed by atoms with van der Waals surface area (Å²) >= 11 is 1.20. The van der Waals surface area contributed by atoms with Crippen molar-refractivity contribution in [3.63, 3.8) is 0 Å². The summed E-state index contributed by atoms with van der Waals surface area (Å²) in [6.45, 7) is 0.404. The van der Waals surface area contributed by atoms with Crippen molar-refractivity contribution in [2.24, 2.45) is 0 Å². The molecule has 140 valence electrons. The fourth-order valence-corrected chi connectivity index (χ4v) is 3.63. The van der Waals surface area contributed by atoms with Gasteiger partial charge in [0.15, 0.2) is 17.1 Å². The van der Waals surface area contributed by atoms with Gasteiger partial charge in [-0.3, -0.25) is 0 Å². The Labute approximate surface area is 152 Å². The van der Waals surface area contributed by atoms with E-state index in [9.17, 15) is 13.2 Å². The number of hydrogen-bond acceptors (Lipinski definition) is 7. The largest absolute Gasteiger partial charge is 0.486 e. The van der Waals surface area contributed by atoms with Crippen molar-refractivity contribution in [1.82, 2.24) is 14.6 Å². The van der Waals surface area contributed by atoms with E-state index in [-0.39, 0.29) is 41.4 Å². The van der Waals surface area contributed by atoms with Crippen LogP contribution >= 0.6 is 11.3 Å². The molecule has 0 atom stereocenters. The molecule has 0 fully saturated rings. The van der Waals surface area contributed by atoms with Gasteiger partial charge in [-0.2, -0.15) is 13.2 Å². The van der Waals surface area contributed by atoms with Crippen LogP contribution < -0.4 is 14.2 Å². The van der Waals surface area contributed by atoms with Crippen LogP contribution in [-0.2, 0) is 6.18 Å². The van der Waals surface area contributed by atoms with E-state index in [0.29, 0.717) is 15.8 Å². The molecule has 0 bridgehead atoms. The summed E-state index contributed by atoms with van der Waals surface area (Å²) in [5.41, 5.74) is -0.514. The molecule has 1 aliphatic heterocycles. The van der Waals surface area contributed by atoms with Gasteiger partial charge in [0.2, 0.25) is 10.7 Å². The molecule has 0 unspecified atom stereocenters. The van der Waals surface area contributed by atoms with E-state index in [4.69, 9.17) is 18.6 Å². The summed E-state index contributed by atoms with van der Waals surface area (Å²) in [5, 5.41) is 4.46. The molecule has 5 rings (SSSR count). The van der Waals surface area contributed by atoms with Crippen molar-refractivity contribution in [2.45, 2.75) is 6.18 Å². The van der Waals surface area contributed by atoms with Gasteiger partial charge in [-0.05, 0) is 23.5 Å². The predicted octanol–water partition coefficient (Wildman–Crippen LogP) is 4.00. The van der Waals surface area contributed by atoms with Crippen molar-refractivity contribution in [3.05, 3.63) is 23.9 Å². The van der Waals surface area contributed by atoms with Crippen molar-refractivity contribution in [1.29, 1.82) is 0 Å². The third-order valence-electron chi connectivity index (χ3n) is 4.07. The van der Waals surface area contributed by atoms with Crippen molar-refractivity contribution >= 4 is 27.3 Å². The lowest BCUT2D eigenvalue weighted by atomic mass is 10.1. The highest BCUT2D eigenvalue weighted by Gasteiger charge is 2.37. The maximum absolute atomic E-state index is 13.5. The quantitative estimate of drug-likeness (QED) is 0.509. The van der Waals surface area contributed by atoms with E-state index in [0.717, 1.165) is 6.07 Å². The third kappa shape index (κ3) is 2.49. The minimum absolute atomic E-state index is 0.0131. The molecule has 3 aromatic heterocycles. The number of fused-ring (bicyclic) bond motifs is 4. The first kappa shape index (κ1) is 16.2. The predicted molar refractivity (Wildman–Crippen MR) is 88.6 cm³/mol. The molecule has 7 nitrogen and oxygen atoms in total. The number of benzene rings is 1. The number of aromatic nitrogens is 3. The first-order chi connectivity index (χ1) is 12.9. The number of hydrogen-bond donors (Lipinski definition) is 0. The normalized spacial score (nSPS) is 14.2. The summed E-state index contributed by atoms with van der Waals surface area (Å²) in [7, 11) is 1.49. The zero-order valence-corrected chi connectivity index (χ0v) is 14.5. The van der Waals surface area contributed by atoms with Crippen LogP contribution in [0.2, 0.25) is 0 Å². The molecule has 0 amide bonds. The van der Waals surface area contributed by atoms with E-state index >= 15 is 0 Å². The van der Waals surface area contributed by atoms with Gasteiger partial charge >= 0.3 is 6.18 Å². The molecule has 11 heteroatoms. The fraction of sp³-hybridized carbons (Fsp3) is 0.250. The van der Waals surface area contributed by atoms with Crippen LogP contribution in [0.3, 0.4) is 0 Å². The Kier molecular flexibility index (Phi) is 3.32. The van der Waals surface area contributed by atoms with Crippen LogP contribution in [0.25, 0.3) is 27.4 Å². The Morgan fingerprint density at radius 2 is 2.04 bits per heavy atom.